The van der Waals surface area contributed by atoms with Crippen molar-refractivity contribution < 1.29 is 4.79 Å². The van der Waals surface area contributed by atoms with Crippen molar-refractivity contribution in [3.8, 4) is 0 Å². The topological polar surface area (TPSA) is 38.8 Å². The molecule has 28 heavy (non-hydrogen) atoms. The maximum absolute atomic E-state index is 12.5. The summed E-state index contributed by atoms with van der Waals surface area (Å²) in [5.74, 6) is 0. The first-order valence-electron chi connectivity index (χ1n) is 11.2. The molecule has 0 radical (unpaired) electrons. The summed E-state index contributed by atoms with van der Waals surface area (Å²) in [5, 5.41) is 3.10. The van der Waals surface area contributed by atoms with Crippen molar-refractivity contribution in [3.05, 3.63) is 29.8 Å². The largest absolute Gasteiger partial charge is 0.371 e. The standard InChI is InChI=1S/C23H38N4O/c1-25(21-12-4-3-5-13-21)16-10-15-24-23(28)26(2)19-20-11-6-7-14-22(20)27-17-8-9-18-27/h6-7,11,14,21H,3-5,8-10,12-13,15-19H2,1-2H3,(H,24,28). The summed E-state index contributed by atoms with van der Waals surface area (Å²) >= 11 is 0. The van der Waals surface area contributed by atoms with Crippen molar-refractivity contribution in [1.82, 2.24) is 15.1 Å². The van der Waals surface area contributed by atoms with Crippen LogP contribution in [0.4, 0.5) is 10.5 Å². The van der Waals surface area contributed by atoms with Crippen molar-refractivity contribution in [2.75, 3.05) is 45.2 Å². The van der Waals surface area contributed by atoms with Crippen LogP contribution in [0.5, 0.6) is 0 Å². The number of hydrogen-bond acceptors (Lipinski definition) is 3. The lowest BCUT2D eigenvalue weighted by Crippen LogP contribution is -2.39. The summed E-state index contributed by atoms with van der Waals surface area (Å²) in [7, 11) is 4.13. The van der Waals surface area contributed by atoms with Gasteiger partial charge in [0, 0.05) is 45.0 Å². The van der Waals surface area contributed by atoms with E-state index in [9.17, 15) is 4.79 Å². The van der Waals surface area contributed by atoms with E-state index in [1.165, 1.54) is 56.2 Å². The van der Waals surface area contributed by atoms with E-state index < -0.39 is 0 Å². The van der Waals surface area contributed by atoms with Gasteiger partial charge in [-0.15, -0.1) is 0 Å². The Balaban J connectivity index is 1.40. The molecule has 1 aromatic carbocycles. The number of carbonyl (C=O) groups is 1. The average Bonchev–Trinajstić information content (AvgIpc) is 3.26. The van der Waals surface area contributed by atoms with E-state index in [2.05, 4.69) is 46.4 Å². The molecule has 3 rings (SSSR count). The Hall–Kier alpha value is -1.75. The molecule has 1 aliphatic carbocycles. The first-order chi connectivity index (χ1) is 13.6. The van der Waals surface area contributed by atoms with Crippen LogP contribution >= 0.6 is 0 Å². The van der Waals surface area contributed by atoms with Gasteiger partial charge in [-0.3, -0.25) is 0 Å². The van der Waals surface area contributed by atoms with E-state index in [-0.39, 0.29) is 6.03 Å². The molecule has 1 saturated heterocycles. The van der Waals surface area contributed by atoms with Crippen LogP contribution in [0.2, 0.25) is 0 Å². The van der Waals surface area contributed by atoms with E-state index >= 15 is 0 Å². The molecule has 1 aliphatic heterocycles. The zero-order valence-corrected chi connectivity index (χ0v) is 17.8. The molecule has 2 aliphatic rings. The number of nitrogens with zero attached hydrogens (tertiary/aromatic N) is 3. The molecule has 5 heteroatoms. The quantitative estimate of drug-likeness (QED) is 0.684. The van der Waals surface area contributed by atoms with Gasteiger partial charge in [0.05, 0.1) is 0 Å². The molecule has 0 unspecified atom stereocenters. The molecule has 0 aromatic heterocycles. The van der Waals surface area contributed by atoms with Crippen LogP contribution in [0.1, 0.15) is 56.9 Å². The Morgan fingerprint density at radius 2 is 1.79 bits per heavy atom. The van der Waals surface area contributed by atoms with E-state index in [4.69, 9.17) is 0 Å². The van der Waals surface area contributed by atoms with Crippen LogP contribution in [0.15, 0.2) is 24.3 Å². The number of rotatable bonds is 8. The second-order valence-corrected chi connectivity index (χ2v) is 8.54. The number of anilines is 1. The summed E-state index contributed by atoms with van der Waals surface area (Å²) in [4.78, 5) is 19.3. The molecular formula is C23H38N4O. The minimum absolute atomic E-state index is 0.0246. The van der Waals surface area contributed by atoms with Gasteiger partial charge in [-0.1, -0.05) is 37.5 Å². The van der Waals surface area contributed by atoms with Crippen molar-refractivity contribution in [1.29, 1.82) is 0 Å². The zero-order valence-electron chi connectivity index (χ0n) is 17.8. The van der Waals surface area contributed by atoms with Crippen molar-refractivity contribution in [2.24, 2.45) is 0 Å². The Kier molecular flexibility index (Phi) is 8.01. The molecule has 2 fully saturated rings. The van der Waals surface area contributed by atoms with Gasteiger partial charge in [0.1, 0.15) is 0 Å². The summed E-state index contributed by atoms with van der Waals surface area (Å²) in [6, 6.07) is 9.28. The second-order valence-electron chi connectivity index (χ2n) is 8.54. The summed E-state index contributed by atoms with van der Waals surface area (Å²) in [6.07, 6.45) is 10.3. The first kappa shape index (κ1) is 21.0. The number of para-hydroxylation sites is 1. The van der Waals surface area contributed by atoms with Gasteiger partial charge in [0.2, 0.25) is 0 Å². The van der Waals surface area contributed by atoms with Gasteiger partial charge < -0.3 is 20.0 Å². The van der Waals surface area contributed by atoms with E-state index in [0.29, 0.717) is 6.54 Å². The van der Waals surface area contributed by atoms with Gasteiger partial charge in [0.15, 0.2) is 0 Å². The SMILES string of the molecule is CN(Cc1ccccc1N1CCCC1)C(=O)NCCCN(C)C1CCCCC1. The van der Waals surface area contributed by atoms with Crippen LogP contribution in [0, 0.1) is 0 Å². The monoisotopic (exact) mass is 386 g/mol. The van der Waals surface area contributed by atoms with E-state index in [1.807, 2.05) is 7.05 Å². The molecule has 1 heterocycles. The highest BCUT2D eigenvalue weighted by atomic mass is 16.2. The Labute approximate surface area is 171 Å². The van der Waals surface area contributed by atoms with Crippen molar-refractivity contribution >= 4 is 11.7 Å². The molecule has 0 atom stereocenters. The van der Waals surface area contributed by atoms with Crippen LogP contribution in [0.3, 0.4) is 0 Å². The van der Waals surface area contributed by atoms with Gasteiger partial charge >= 0.3 is 6.03 Å². The van der Waals surface area contributed by atoms with Crippen molar-refractivity contribution in [2.45, 2.75) is 64.0 Å². The molecule has 0 spiro atoms. The Bertz CT molecular complexity index is 608. The summed E-state index contributed by atoms with van der Waals surface area (Å²) in [6.45, 7) is 4.71. The minimum atomic E-state index is 0.0246. The van der Waals surface area contributed by atoms with Crippen LogP contribution in [-0.4, -0.2) is 62.1 Å². The van der Waals surface area contributed by atoms with Gasteiger partial charge in [-0.25, -0.2) is 4.79 Å². The predicted molar refractivity (Wildman–Crippen MR) is 117 cm³/mol. The third-order valence-electron chi connectivity index (χ3n) is 6.35. The van der Waals surface area contributed by atoms with Gasteiger partial charge in [-0.2, -0.15) is 0 Å². The van der Waals surface area contributed by atoms with E-state index in [0.717, 1.165) is 38.6 Å². The molecule has 5 nitrogen and oxygen atoms in total. The van der Waals surface area contributed by atoms with Gasteiger partial charge in [0.25, 0.3) is 0 Å². The first-order valence-corrected chi connectivity index (χ1v) is 11.2. The molecular weight excluding hydrogens is 348 g/mol. The van der Waals surface area contributed by atoms with E-state index in [1.54, 1.807) is 4.90 Å². The molecule has 156 valence electrons. The lowest BCUT2D eigenvalue weighted by atomic mass is 9.94. The highest BCUT2D eigenvalue weighted by Gasteiger charge is 2.19. The number of benzene rings is 1. The smallest absolute Gasteiger partial charge is 0.317 e. The van der Waals surface area contributed by atoms with Crippen molar-refractivity contribution in [3.63, 3.8) is 0 Å². The number of urea groups is 1. The number of carbonyl (C=O) groups excluding carboxylic acids is 1. The lowest BCUT2D eigenvalue weighted by Gasteiger charge is -2.31. The normalized spacial score (nSPS) is 17.9. The summed E-state index contributed by atoms with van der Waals surface area (Å²) < 4.78 is 0. The predicted octanol–water partition coefficient (Wildman–Crippen LogP) is 4.08. The number of nitrogens with one attached hydrogen (secondary N) is 1. The zero-order chi connectivity index (χ0) is 19.8. The fraction of sp³-hybridized carbons (Fsp3) is 0.696. The molecule has 1 N–H and O–H groups in total. The third-order valence-corrected chi connectivity index (χ3v) is 6.35. The maximum Gasteiger partial charge on any atom is 0.317 e. The summed E-state index contributed by atoms with van der Waals surface area (Å²) in [5.41, 5.74) is 2.52. The minimum Gasteiger partial charge on any atom is -0.371 e. The fourth-order valence-corrected chi connectivity index (χ4v) is 4.60. The van der Waals surface area contributed by atoms with Gasteiger partial charge in [-0.05, 0) is 57.3 Å². The third kappa shape index (κ3) is 5.87. The lowest BCUT2D eigenvalue weighted by molar-refractivity contribution is 0.186. The molecule has 2 amide bonds. The molecule has 1 saturated carbocycles. The second kappa shape index (κ2) is 10.7. The highest BCUT2D eigenvalue weighted by Crippen LogP contribution is 2.25. The van der Waals surface area contributed by atoms with Crippen LogP contribution in [-0.2, 0) is 6.54 Å². The fourth-order valence-electron chi connectivity index (χ4n) is 4.60. The number of amides is 2. The highest BCUT2D eigenvalue weighted by molar-refractivity contribution is 5.74. The molecule has 1 aromatic rings. The Morgan fingerprint density at radius 3 is 2.54 bits per heavy atom. The number of hydrogen-bond donors (Lipinski definition) is 1. The Morgan fingerprint density at radius 1 is 1.07 bits per heavy atom. The molecule has 0 bridgehead atoms. The van der Waals surface area contributed by atoms with Crippen LogP contribution < -0.4 is 10.2 Å². The maximum atomic E-state index is 12.5. The average molecular weight is 387 g/mol. The van der Waals surface area contributed by atoms with Crippen LogP contribution in [0.25, 0.3) is 0 Å².